The predicted molar refractivity (Wildman–Crippen MR) is 75.2 cm³/mol. The van der Waals surface area contributed by atoms with Gasteiger partial charge in [0.15, 0.2) is 9.84 Å². The van der Waals surface area contributed by atoms with Crippen molar-refractivity contribution in [3.05, 3.63) is 20.8 Å². The number of hydrogen-bond donors (Lipinski definition) is 1. The molecule has 2 atom stereocenters. The highest BCUT2D eigenvalue weighted by atomic mass is 35.5. The number of sulfone groups is 1. The Bertz CT molecular complexity index is 581. The molecule has 1 aromatic rings. The monoisotopic (exact) mass is 305 g/mol. The first kappa shape index (κ1) is 12.9. The molecule has 2 unspecified atom stereocenters. The molecule has 0 spiro atoms. The molecule has 100 valence electrons. The summed E-state index contributed by atoms with van der Waals surface area (Å²) in [5.74, 6) is 0.560. The van der Waals surface area contributed by atoms with Crippen molar-refractivity contribution in [3.8, 4) is 0 Å². The average Bonchev–Trinajstić information content (AvgIpc) is 2.84. The van der Waals surface area contributed by atoms with Crippen molar-refractivity contribution in [1.82, 2.24) is 5.32 Å². The van der Waals surface area contributed by atoms with Gasteiger partial charge in [0.05, 0.1) is 15.8 Å². The molecule has 0 aromatic carbocycles. The molecule has 1 aliphatic carbocycles. The van der Waals surface area contributed by atoms with Crippen molar-refractivity contribution >= 4 is 32.8 Å². The summed E-state index contributed by atoms with van der Waals surface area (Å²) < 4.78 is 24.1. The minimum Gasteiger partial charge on any atom is -0.304 e. The summed E-state index contributed by atoms with van der Waals surface area (Å²) >= 11 is 7.68. The highest BCUT2D eigenvalue weighted by molar-refractivity contribution is 7.91. The van der Waals surface area contributed by atoms with Crippen LogP contribution in [0.5, 0.6) is 0 Å². The summed E-state index contributed by atoms with van der Waals surface area (Å²) in [5.41, 5.74) is 0.995. The van der Waals surface area contributed by atoms with Gasteiger partial charge in [0.1, 0.15) is 0 Å². The molecule has 1 aliphatic heterocycles. The Morgan fingerprint density at radius 3 is 3.00 bits per heavy atom. The average molecular weight is 306 g/mol. The molecule has 1 N–H and O–H groups in total. The molecule has 3 rings (SSSR count). The van der Waals surface area contributed by atoms with Crippen molar-refractivity contribution < 1.29 is 8.42 Å². The number of nitrogens with one attached hydrogen (secondary N) is 1. The van der Waals surface area contributed by atoms with E-state index < -0.39 is 9.84 Å². The van der Waals surface area contributed by atoms with Gasteiger partial charge in [0.25, 0.3) is 0 Å². The zero-order valence-corrected chi connectivity index (χ0v) is 12.6. The van der Waals surface area contributed by atoms with E-state index in [4.69, 9.17) is 11.6 Å². The molecule has 1 saturated heterocycles. The Morgan fingerprint density at radius 1 is 1.56 bits per heavy atom. The van der Waals surface area contributed by atoms with Gasteiger partial charge in [0, 0.05) is 16.5 Å². The number of thiophene rings is 1. The van der Waals surface area contributed by atoms with Gasteiger partial charge in [-0.25, -0.2) is 8.42 Å². The first-order valence-electron chi connectivity index (χ1n) is 6.13. The summed E-state index contributed by atoms with van der Waals surface area (Å²) in [6.45, 7) is 2.02. The molecule has 0 bridgehead atoms. The molecule has 18 heavy (non-hydrogen) atoms. The fraction of sp³-hybridized carbons (Fsp3) is 0.667. The van der Waals surface area contributed by atoms with E-state index in [2.05, 4.69) is 5.32 Å². The van der Waals surface area contributed by atoms with Crippen molar-refractivity contribution in [2.24, 2.45) is 0 Å². The van der Waals surface area contributed by atoms with E-state index in [0.29, 0.717) is 12.2 Å². The highest BCUT2D eigenvalue weighted by Crippen LogP contribution is 2.41. The topological polar surface area (TPSA) is 46.2 Å². The van der Waals surface area contributed by atoms with Crippen molar-refractivity contribution in [3.63, 3.8) is 0 Å². The zero-order valence-electron chi connectivity index (χ0n) is 10.2. The van der Waals surface area contributed by atoms with E-state index in [1.165, 1.54) is 10.4 Å². The van der Waals surface area contributed by atoms with Crippen LogP contribution in [0.4, 0.5) is 0 Å². The van der Waals surface area contributed by atoms with Gasteiger partial charge in [-0.3, -0.25) is 0 Å². The van der Waals surface area contributed by atoms with Gasteiger partial charge in [-0.05, 0) is 37.8 Å². The number of hydrogen-bond acceptors (Lipinski definition) is 4. The number of halogens is 1. The van der Waals surface area contributed by atoms with Crippen molar-refractivity contribution in [2.45, 2.75) is 37.8 Å². The molecule has 6 heteroatoms. The molecular formula is C12H16ClNO2S2. The second-order valence-corrected chi connectivity index (χ2v) is 9.52. The van der Waals surface area contributed by atoms with Crippen molar-refractivity contribution in [2.75, 3.05) is 11.5 Å². The lowest BCUT2D eigenvalue weighted by atomic mass is 9.99. The van der Waals surface area contributed by atoms with Crippen LogP contribution in [-0.4, -0.2) is 25.5 Å². The Labute approximate surface area is 116 Å². The normalized spacial score (nSPS) is 33.8. The molecule has 0 radical (unpaired) electrons. The maximum absolute atomic E-state index is 11.6. The van der Waals surface area contributed by atoms with Crippen LogP contribution >= 0.6 is 22.9 Å². The molecule has 1 aromatic heterocycles. The Balaban J connectivity index is 1.79. The van der Waals surface area contributed by atoms with Crippen LogP contribution in [0, 0.1) is 0 Å². The maximum atomic E-state index is 11.6. The van der Waals surface area contributed by atoms with E-state index in [1.54, 1.807) is 11.3 Å². The largest absolute Gasteiger partial charge is 0.304 e. The summed E-state index contributed by atoms with van der Waals surface area (Å²) in [4.78, 5) is 1.35. The first-order chi connectivity index (χ1) is 8.37. The van der Waals surface area contributed by atoms with Crippen molar-refractivity contribution in [1.29, 1.82) is 0 Å². The third-order valence-corrected chi connectivity index (χ3v) is 7.12. The van der Waals surface area contributed by atoms with E-state index in [9.17, 15) is 8.42 Å². The molecule has 3 nitrogen and oxygen atoms in total. The van der Waals surface area contributed by atoms with Gasteiger partial charge < -0.3 is 5.32 Å². The molecular weight excluding hydrogens is 290 g/mol. The summed E-state index contributed by atoms with van der Waals surface area (Å²) in [6, 6.07) is 2.29. The van der Waals surface area contributed by atoms with Crippen LogP contribution in [0.1, 0.15) is 36.2 Å². The highest BCUT2D eigenvalue weighted by Gasteiger charge is 2.41. The zero-order chi connectivity index (χ0) is 13.0. The summed E-state index contributed by atoms with van der Waals surface area (Å²) in [5, 5.41) is 3.55. The van der Waals surface area contributed by atoms with Crippen LogP contribution < -0.4 is 5.32 Å². The number of rotatable bonds is 2. The van der Waals surface area contributed by atoms with Gasteiger partial charge in [-0.15, -0.1) is 11.3 Å². The fourth-order valence-electron chi connectivity index (χ4n) is 3.02. The fourth-order valence-corrected chi connectivity index (χ4v) is 6.49. The predicted octanol–water partition coefficient (Wildman–Crippen LogP) is 2.56. The summed E-state index contributed by atoms with van der Waals surface area (Å²) in [7, 11) is -2.85. The van der Waals surface area contributed by atoms with Crippen LogP contribution in [-0.2, 0) is 16.3 Å². The smallest absolute Gasteiger partial charge is 0.152 e. The van der Waals surface area contributed by atoms with E-state index >= 15 is 0 Å². The molecule has 0 saturated carbocycles. The minimum atomic E-state index is -2.85. The van der Waals surface area contributed by atoms with Gasteiger partial charge in [-0.1, -0.05) is 11.6 Å². The Hall–Kier alpha value is -0.100. The van der Waals surface area contributed by atoms with Crippen LogP contribution in [0.3, 0.4) is 0 Å². The minimum absolute atomic E-state index is 0.254. The van der Waals surface area contributed by atoms with Crippen LogP contribution in [0.15, 0.2) is 6.07 Å². The lowest BCUT2D eigenvalue weighted by Gasteiger charge is -2.28. The van der Waals surface area contributed by atoms with Gasteiger partial charge >= 0.3 is 0 Å². The van der Waals surface area contributed by atoms with Crippen LogP contribution in [0.2, 0.25) is 4.34 Å². The maximum Gasteiger partial charge on any atom is 0.152 e. The standard InChI is InChI=1S/C12H16ClNO2S2/c1-12(4-5-18(15,16)7-12)14-9-2-3-10-8(9)6-11(13)17-10/h6,9,14H,2-5,7H2,1H3. The number of aryl methyl sites for hydroxylation is 1. The van der Waals surface area contributed by atoms with E-state index in [-0.39, 0.29) is 17.3 Å². The van der Waals surface area contributed by atoms with E-state index in [1.807, 2.05) is 13.0 Å². The summed E-state index contributed by atoms with van der Waals surface area (Å²) in [6.07, 6.45) is 2.81. The molecule has 0 amide bonds. The Kier molecular flexibility index (Phi) is 3.01. The lowest BCUT2D eigenvalue weighted by Crippen LogP contribution is -2.44. The molecule has 1 fully saturated rings. The molecule has 2 aliphatic rings. The lowest BCUT2D eigenvalue weighted by molar-refractivity contribution is 0.341. The number of fused-ring (bicyclic) bond motifs is 1. The second-order valence-electron chi connectivity index (χ2n) is 5.57. The third-order valence-electron chi connectivity index (χ3n) is 3.87. The van der Waals surface area contributed by atoms with Crippen LogP contribution in [0.25, 0.3) is 0 Å². The molecule has 2 heterocycles. The van der Waals surface area contributed by atoms with Gasteiger partial charge in [0.2, 0.25) is 0 Å². The van der Waals surface area contributed by atoms with Gasteiger partial charge in [-0.2, -0.15) is 0 Å². The first-order valence-corrected chi connectivity index (χ1v) is 9.15. The quantitative estimate of drug-likeness (QED) is 0.913. The van der Waals surface area contributed by atoms with E-state index in [0.717, 1.165) is 17.2 Å². The second kappa shape index (κ2) is 4.20. The SMILES string of the molecule is CC1(NC2CCc3sc(Cl)cc32)CCS(=O)(=O)C1. The third kappa shape index (κ3) is 2.33. The Morgan fingerprint density at radius 2 is 2.33 bits per heavy atom.